The van der Waals surface area contributed by atoms with Crippen molar-refractivity contribution in [2.75, 3.05) is 19.5 Å². The zero-order valence-electron chi connectivity index (χ0n) is 20.2. The number of methoxy groups -OCH3 is 2. The Kier molecular flexibility index (Phi) is 7.09. The van der Waals surface area contributed by atoms with Gasteiger partial charge in [-0.1, -0.05) is 26.8 Å². The van der Waals surface area contributed by atoms with E-state index in [1.54, 1.807) is 26.5 Å². The molecule has 0 amide bonds. The maximum Gasteiger partial charge on any atom is 0.339 e. The molecule has 7 nitrogen and oxygen atoms in total. The van der Waals surface area contributed by atoms with E-state index in [1.165, 1.54) is 22.7 Å². The Morgan fingerprint density at radius 3 is 2.49 bits per heavy atom. The third-order valence-electron chi connectivity index (χ3n) is 5.19. The van der Waals surface area contributed by atoms with Gasteiger partial charge in [-0.05, 0) is 47.5 Å². The minimum atomic E-state index is -1.05. The van der Waals surface area contributed by atoms with Gasteiger partial charge in [0.05, 0.1) is 19.9 Å². The zero-order valence-corrected chi connectivity index (χ0v) is 21.8. The highest BCUT2D eigenvalue weighted by Gasteiger charge is 2.22. The van der Waals surface area contributed by atoms with Crippen molar-refractivity contribution in [2.24, 2.45) is 5.41 Å². The van der Waals surface area contributed by atoms with E-state index in [9.17, 15) is 9.90 Å². The lowest BCUT2D eigenvalue weighted by Crippen LogP contribution is -2.08. The maximum atomic E-state index is 12.0. The number of benzene rings is 1. The summed E-state index contributed by atoms with van der Waals surface area (Å²) in [5.41, 5.74) is 2.60. The first-order chi connectivity index (χ1) is 16.7. The van der Waals surface area contributed by atoms with Gasteiger partial charge in [-0.3, -0.25) is 0 Å². The zero-order chi connectivity index (χ0) is 25.2. The van der Waals surface area contributed by atoms with Crippen LogP contribution in [0.4, 0.5) is 10.9 Å². The molecule has 3 aromatic heterocycles. The molecule has 0 aliphatic heterocycles. The SMILES string of the molecule is COc1ccc(-c2nc(Nc3ncc(-c4cccs4)cc3C(=O)O)sc2CC(C)(C)C)cc1OC. The van der Waals surface area contributed by atoms with Crippen molar-refractivity contribution in [3.63, 3.8) is 0 Å². The van der Waals surface area contributed by atoms with Crippen LogP contribution in [-0.2, 0) is 6.42 Å². The number of nitrogens with zero attached hydrogens (tertiary/aromatic N) is 2. The molecule has 0 radical (unpaired) electrons. The number of rotatable bonds is 8. The largest absolute Gasteiger partial charge is 0.493 e. The molecule has 0 spiro atoms. The molecule has 182 valence electrons. The van der Waals surface area contributed by atoms with Gasteiger partial charge in [0.15, 0.2) is 16.6 Å². The van der Waals surface area contributed by atoms with E-state index in [-0.39, 0.29) is 16.8 Å². The minimum Gasteiger partial charge on any atom is -0.493 e. The standard InChI is InChI=1S/C26H27N3O4S2/c1-26(2,3)13-21-22(15-8-9-18(32-4)19(12-15)33-5)28-25(35-21)29-23-17(24(30)31)11-16(14-27-23)20-7-6-10-34-20/h6-12,14H,13H2,1-5H3,(H,30,31)(H,27,28,29). The number of hydrogen-bond acceptors (Lipinski definition) is 8. The van der Waals surface area contributed by atoms with Crippen molar-refractivity contribution >= 4 is 39.6 Å². The number of thiophene rings is 1. The number of hydrogen-bond donors (Lipinski definition) is 2. The van der Waals surface area contributed by atoms with Crippen LogP contribution in [0.3, 0.4) is 0 Å². The number of anilines is 2. The van der Waals surface area contributed by atoms with E-state index in [1.807, 2.05) is 35.7 Å². The third kappa shape index (κ3) is 5.63. The molecule has 0 fully saturated rings. The lowest BCUT2D eigenvalue weighted by Gasteiger charge is -2.17. The van der Waals surface area contributed by atoms with E-state index < -0.39 is 5.97 Å². The van der Waals surface area contributed by atoms with Gasteiger partial charge in [0.1, 0.15) is 11.4 Å². The summed E-state index contributed by atoms with van der Waals surface area (Å²) < 4.78 is 10.9. The quantitative estimate of drug-likeness (QED) is 0.265. The minimum absolute atomic E-state index is 0.0297. The molecule has 4 rings (SSSR count). The monoisotopic (exact) mass is 509 g/mol. The van der Waals surface area contributed by atoms with Crippen LogP contribution in [0.25, 0.3) is 21.7 Å². The van der Waals surface area contributed by atoms with Gasteiger partial charge >= 0.3 is 5.97 Å². The fourth-order valence-electron chi connectivity index (χ4n) is 3.62. The maximum absolute atomic E-state index is 12.0. The summed E-state index contributed by atoms with van der Waals surface area (Å²) in [5, 5.41) is 15.5. The Balaban J connectivity index is 1.74. The molecular formula is C26H27N3O4S2. The number of thiazole rings is 1. The predicted molar refractivity (Wildman–Crippen MR) is 142 cm³/mol. The van der Waals surface area contributed by atoms with Crippen LogP contribution in [0.2, 0.25) is 0 Å². The molecule has 0 saturated heterocycles. The summed E-state index contributed by atoms with van der Waals surface area (Å²) >= 11 is 3.03. The van der Waals surface area contributed by atoms with Gasteiger partial charge in [0.25, 0.3) is 0 Å². The molecule has 0 aliphatic carbocycles. The van der Waals surface area contributed by atoms with E-state index in [0.29, 0.717) is 16.6 Å². The van der Waals surface area contributed by atoms with Gasteiger partial charge in [0.2, 0.25) is 0 Å². The Hall–Kier alpha value is -3.43. The van der Waals surface area contributed by atoms with E-state index >= 15 is 0 Å². The van der Waals surface area contributed by atoms with Crippen LogP contribution >= 0.6 is 22.7 Å². The van der Waals surface area contributed by atoms with E-state index in [4.69, 9.17) is 14.5 Å². The highest BCUT2D eigenvalue weighted by molar-refractivity contribution is 7.16. The molecule has 2 N–H and O–H groups in total. The van der Waals surface area contributed by atoms with Crippen molar-refractivity contribution < 1.29 is 19.4 Å². The lowest BCUT2D eigenvalue weighted by atomic mass is 9.90. The molecule has 0 aliphatic rings. The Morgan fingerprint density at radius 2 is 1.86 bits per heavy atom. The fourth-order valence-corrected chi connectivity index (χ4v) is 5.61. The molecule has 3 heterocycles. The number of ether oxygens (including phenoxy) is 2. The van der Waals surface area contributed by atoms with Crippen molar-refractivity contribution in [3.8, 4) is 33.2 Å². The third-order valence-corrected chi connectivity index (χ3v) is 7.08. The summed E-state index contributed by atoms with van der Waals surface area (Å²) in [7, 11) is 3.20. The summed E-state index contributed by atoms with van der Waals surface area (Å²) in [4.78, 5) is 23.3. The van der Waals surface area contributed by atoms with Gasteiger partial charge in [-0.2, -0.15) is 0 Å². The topological polar surface area (TPSA) is 93.6 Å². The summed E-state index contributed by atoms with van der Waals surface area (Å²) in [6.45, 7) is 6.52. The summed E-state index contributed by atoms with van der Waals surface area (Å²) in [6, 6.07) is 11.2. The van der Waals surface area contributed by atoms with Crippen LogP contribution in [0.5, 0.6) is 11.5 Å². The van der Waals surface area contributed by atoms with Gasteiger partial charge in [0, 0.05) is 27.1 Å². The van der Waals surface area contributed by atoms with Gasteiger partial charge < -0.3 is 19.9 Å². The fraction of sp³-hybridized carbons (Fsp3) is 0.269. The Bertz CT molecular complexity index is 1340. The van der Waals surface area contributed by atoms with Crippen LogP contribution < -0.4 is 14.8 Å². The highest BCUT2D eigenvalue weighted by Crippen LogP contribution is 2.40. The molecule has 4 aromatic rings. The van der Waals surface area contributed by atoms with Crippen molar-refractivity contribution in [1.82, 2.24) is 9.97 Å². The van der Waals surface area contributed by atoms with E-state index in [0.717, 1.165) is 33.0 Å². The Labute approximate surface area is 212 Å². The van der Waals surface area contributed by atoms with Crippen LogP contribution in [0.1, 0.15) is 36.0 Å². The summed E-state index contributed by atoms with van der Waals surface area (Å²) in [5.74, 6) is 0.467. The van der Waals surface area contributed by atoms with Crippen molar-refractivity contribution in [1.29, 1.82) is 0 Å². The van der Waals surface area contributed by atoms with Crippen LogP contribution in [0, 0.1) is 5.41 Å². The molecule has 35 heavy (non-hydrogen) atoms. The first-order valence-electron chi connectivity index (χ1n) is 10.9. The second kappa shape index (κ2) is 10.1. The molecule has 0 bridgehead atoms. The van der Waals surface area contributed by atoms with Gasteiger partial charge in [-0.25, -0.2) is 14.8 Å². The van der Waals surface area contributed by atoms with Crippen molar-refractivity contribution in [2.45, 2.75) is 27.2 Å². The molecule has 0 saturated carbocycles. The summed E-state index contributed by atoms with van der Waals surface area (Å²) in [6.07, 6.45) is 2.48. The van der Waals surface area contributed by atoms with Gasteiger partial charge in [-0.15, -0.1) is 22.7 Å². The average Bonchev–Trinajstić information content (AvgIpc) is 3.48. The predicted octanol–water partition coefficient (Wildman–Crippen LogP) is 6.98. The first-order valence-corrected chi connectivity index (χ1v) is 12.6. The second-order valence-electron chi connectivity index (χ2n) is 9.13. The first kappa shape index (κ1) is 24.7. The average molecular weight is 510 g/mol. The van der Waals surface area contributed by atoms with E-state index in [2.05, 4.69) is 31.1 Å². The number of aromatic carboxylic acids is 1. The number of nitrogens with one attached hydrogen (secondary N) is 1. The molecule has 0 unspecified atom stereocenters. The van der Waals surface area contributed by atoms with Crippen LogP contribution in [0.15, 0.2) is 48.0 Å². The second-order valence-corrected chi connectivity index (χ2v) is 11.2. The number of carboxylic acids is 1. The molecule has 1 aromatic carbocycles. The van der Waals surface area contributed by atoms with Crippen LogP contribution in [-0.4, -0.2) is 35.3 Å². The number of pyridine rings is 1. The van der Waals surface area contributed by atoms with Crippen molar-refractivity contribution in [3.05, 3.63) is 58.4 Å². The molecular weight excluding hydrogens is 482 g/mol. The molecule has 0 atom stereocenters. The number of aromatic nitrogens is 2. The Morgan fingerprint density at radius 1 is 1.09 bits per heavy atom. The molecule has 9 heteroatoms. The number of carbonyl (C=O) groups is 1. The smallest absolute Gasteiger partial charge is 0.339 e. The normalized spacial score (nSPS) is 11.3. The lowest BCUT2D eigenvalue weighted by molar-refractivity contribution is 0.0697. The highest BCUT2D eigenvalue weighted by atomic mass is 32.1. The number of carboxylic acid groups (broad SMARTS) is 1.